The molecule has 0 radical (unpaired) electrons. The van der Waals surface area contributed by atoms with Crippen LogP contribution in [-0.2, 0) is 23.2 Å². The van der Waals surface area contributed by atoms with Gasteiger partial charge in [-0.15, -0.1) is 5.10 Å². The third-order valence-corrected chi connectivity index (χ3v) is 6.13. The fraction of sp³-hybridized carbons (Fsp3) is 0.846. The Labute approximate surface area is 138 Å². The number of nitrogens with zero attached hydrogens (tertiary/aromatic N) is 4. The van der Waals surface area contributed by atoms with Crippen molar-refractivity contribution in [1.29, 1.82) is 0 Å². The predicted octanol–water partition coefficient (Wildman–Crippen LogP) is 1.37. The molecule has 24 heavy (non-hydrogen) atoms. The molecule has 0 saturated carbocycles. The molecular formula is C13H21F3N4O3S. The van der Waals surface area contributed by atoms with Gasteiger partial charge in [0, 0.05) is 20.1 Å². The molecule has 0 spiro atoms. The van der Waals surface area contributed by atoms with Crippen molar-refractivity contribution in [3.8, 4) is 0 Å². The molecule has 1 aliphatic heterocycles. The Kier molecular flexibility index (Phi) is 5.43. The lowest BCUT2D eigenvalue weighted by Crippen LogP contribution is -2.42. The Morgan fingerprint density at radius 3 is 2.29 bits per heavy atom. The minimum atomic E-state index is -4.71. The highest BCUT2D eigenvalue weighted by Gasteiger charge is 2.39. The van der Waals surface area contributed by atoms with Gasteiger partial charge in [0.2, 0.25) is 15.8 Å². The third-order valence-electron chi connectivity index (χ3n) is 4.18. The van der Waals surface area contributed by atoms with Gasteiger partial charge in [0.1, 0.15) is 0 Å². The minimum absolute atomic E-state index is 0.0654. The van der Waals surface area contributed by atoms with Crippen LogP contribution in [0.3, 0.4) is 0 Å². The van der Waals surface area contributed by atoms with Crippen molar-refractivity contribution in [2.75, 3.05) is 18.8 Å². The molecular weight excluding hydrogens is 349 g/mol. The summed E-state index contributed by atoms with van der Waals surface area (Å²) in [6.07, 6.45) is -2.85. The molecule has 1 fully saturated rings. The number of halogens is 3. The highest BCUT2D eigenvalue weighted by Crippen LogP contribution is 2.28. The summed E-state index contributed by atoms with van der Waals surface area (Å²) >= 11 is 0. The molecule has 1 saturated heterocycles. The molecule has 7 nitrogen and oxygen atoms in total. The zero-order chi connectivity index (χ0) is 18.1. The topological polar surface area (TPSA) is 77.2 Å². The molecule has 138 valence electrons. The predicted molar refractivity (Wildman–Crippen MR) is 81.0 cm³/mol. The van der Waals surface area contributed by atoms with E-state index >= 15 is 0 Å². The Balaban J connectivity index is 2.12. The highest BCUT2D eigenvalue weighted by molar-refractivity contribution is 7.89. The van der Waals surface area contributed by atoms with Crippen LogP contribution in [0.15, 0.2) is 4.79 Å². The van der Waals surface area contributed by atoms with E-state index in [0.717, 1.165) is 18.2 Å². The lowest BCUT2D eigenvalue weighted by Gasteiger charge is -2.30. The molecule has 11 heteroatoms. The molecule has 0 amide bonds. The van der Waals surface area contributed by atoms with Crippen LogP contribution in [-0.4, -0.2) is 45.9 Å². The average Bonchev–Trinajstić information content (AvgIpc) is 2.81. The van der Waals surface area contributed by atoms with E-state index in [9.17, 15) is 26.4 Å². The van der Waals surface area contributed by atoms with Crippen LogP contribution in [0.5, 0.6) is 0 Å². The summed E-state index contributed by atoms with van der Waals surface area (Å²) in [5.74, 6) is -1.18. The van der Waals surface area contributed by atoms with Gasteiger partial charge in [0.25, 0.3) is 0 Å². The van der Waals surface area contributed by atoms with Crippen LogP contribution in [0.1, 0.15) is 44.5 Å². The van der Waals surface area contributed by atoms with E-state index in [-0.39, 0.29) is 31.7 Å². The molecule has 0 atom stereocenters. The Hall–Kier alpha value is -1.36. The summed E-state index contributed by atoms with van der Waals surface area (Å²) < 4.78 is 65.4. The van der Waals surface area contributed by atoms with Crippen molar-refractivity contribution in [3.63, 3.8) is 0 Å². The highest BCUT2D eigenvalue weighted by atomic mass is 32.2. The number of hydrogen-bond acceptors (Lipinski definition) is 4. The normalized spacial score (nSPS) is 18.2. The van der Waals surface area contributed by atoms with Gasteiger partial charge in [-0.1, -0.05) is 13.3 Å². The summed E-state index contributed by atoms with van der Waals surface area (Å²) in [7, 11) is -2.32. The van der Waals surface area contributed by atoms with Crippen LogP contribution < -0.4 is 5.69 Å². The quantitative estimate of drug-likeness (QED) is 0.784. The van der Waals surface area contributed by atoms with E-state index in [1.807, 2.05) is 6.92 Å². The van der Waals surface area contributed by atoms with Crippen molar-refractivity contribution in [2.45, 2.75) is 44.8 Å². The summed E-state index contributed by atoms with van der Waals surface area (Å²) in [6, 6.07) is -0.530. The number of alkyl halides is 3. The van der Waals surface area contributed by atoms with E-state index in [1.54, 1.807) is 0 Å². The van der Waals surface area contributed by atoms with Crippen molar-refractivity contribution in [1.82, 2.24) is 18.7 Å². The average molecular weight is 370 g/mol. The number of hydrogen-bond donors (Lipinski definition) is 0. The first kappa shape index (κ1) is 19.0. The Morgan fingerprint density at radius 1 is 1.25 bits per heavy atom. The lowest BCUT2D eigenvalue weighted by atomic mass is 10.1. The largest absolute Gasteiger partial charge is 0.451 e. The summed E-state index contributed by atoms with van der Waals surface area (Å²) in [6.45, 7) is 2.26. The zero-order valence-corrected chi connectivity index (χ0v) is 14.4. The maximum absolute atomic E-state index is 12.8. The summed E-state index contributed by atoms with van der Waals surface area (Å²) in [5, 5.41) is 3.42. The number of piperidine rings is 1. The van der Waals surface area contributed by atoms with Gasteiger partial charge in [-0.2, -0.15) is 13.2 Å². The maximum atomic E-state index is 12.8. The van der Waals surface area contributed by atoms with Gasteiger partial charge in [-0.3, -0.25) is 4.57 Å². The van der Waals surface area contributed by atoms with Crippen LogP contribution >= 0.6 is 0 Å². The molecule has 0 N–H and O–H groups in total. The number of aromatic nitrogens is 3. The van der Waals surface area contributed by atoms with E-state index in [2.05, 4.69) is 5.10 Å². The monoisotopic (exact) mass is 370 g/mol. The van der Waals surface area contributed by atoms with Gasteiger partial charge in [-0.25, -0.2) is 22.2 Å². The standard InChI is InChI=1S/C13H21F3N4O3S/c1-3-4-9-24(22,23)19-7-5-10(6-8-19)20-12(21)18(2)11(17-20)13(14,15)16/h10H,3-9H2,1-2H3. The molecule has 0 aliphatic carbocycles. The van der Waals surface area contributed by atoms with Crippen molar-refractivity contribution < 1.29 is 21.6 Å². The second kappa shape index (κ2) is 6.87. The van der Waals surface area contributed by atoms with Gasteiger partial charge < -0.3 is 0 Å². The van der Waals surface area contributed by atoms with Gasteiger partial charge in [-0.05, 0) is 19.3 Å². The van der Waals surface area contributed by atoms with Gasteiger partial charge in [0.05, 0.1) is 11.8 Å². The van der Waals surface area contributed by atoms with Gasteiger partial charge >= 0.3 is 11.9 Å². The fourth-order valence-corrected chi connectivity index (χ4v) is 4.44. The van der Waals surface area contributed by atoms with Crippen LogP contribution in [0, 0.1) is 0 Å². The second-order valence-electron chi connectivity index (χ2n) is 5.91. The SMILES string of the molecule is CCCCS(=O)(=O)N1CCC(n2nc(C(F)(F)F)n(C)c2=O)CC1. The molecule has 2 rings (SSSR count). The number of unbranched alkanes of at least 4 members (excludes halogenated alkanes) is 1. The minimum Gasteiger partial charge on any atom is -0.274 e. The van der Waals surface area contributed by atoms with E-state index in [1.165, 1.54) is 4.31 Å². The fourth-order valence-electron chi connectivity index (χ4n) is 2.76. The van der Waals surface area contributed by atoms with Crippen molar-refractivity contribution in [2.24, 2.45) is 7.05 Å². The van der Waals surface area contributed by atoms with Crippen LogP contribution in [0.2, 0.25) is 0 Å². The van der Waals surface area contributed by atoms with E-state index < -0.39 is 33.8 Å². The van der Waals surface area contributed by atoms with Crippen LogP contribution in [0.25, 0.3) is 0 Å². The summed E-state index contributed by atoms with van der Waals surface area (Å²) in [5.41, 5.74) is -0.838. The van der Waals surface area contributed by atoms with Gasteiger partial charge in [0.15, 0.2) is 0 Å². The molecule has 0 aromatic carbocycles. The molecule has 0 bridgehead atoms. The molecule has 1 aliphatic rings. The molecule has 2 heterocycles. The molecule has 0 unspecified atom stereocenters. The first-order chi connectivity index (χ1) is 11.1. The first-order valence-electron chi connectivity index (χ1n) is 7.78. The summed E-state index contributed by atoms with van der Waals surface area (Å²) in [4.78, 5) is 12.0. The zero-order valence-electron chi connectivity index (χ0n) is 13.6. The number of sulfonamides is 1. The Morgan fingerprint density at radius 2 is 1.83 bits per heavy atom. The first-order valence-corrected chi connectivity index (χ1v) is 9.39. The van der Waals surface area contributed by atoms with E-state index in [4.69, 9.17) is 0 Å². The van der Waals surface area contributed by atoms with Crippen LogP contribution in [0.4, 0.5) is 13.2 Å². The third kappa shape index (κ3) is 3.82. The Bertz CT molecular complexity index is 731. The number of rotatable bonds is 5. The van der Waals surface area contributed by atoms with Crippen molar-refractivity contribution in [3.05, 3.63) is 16.3 Å². The second-order valence-corrected chi connectivity index (χ2v) is 8.00. The van der Waals surface area contributed by atoms with Crippen molar-refractivity contribution >= 4 is 10.0 Å². The smallest absolute Gasteiger partial charge is 0.274 e. The molecule has 1 aromatic rings. The maximum Gasteiger partial charge on any atom is 0.451 e. The lowest BCUT2D eigenvalue weighted by molar-refractivity contribution is -0.147. The molecule has 1 aromatic heterocycles. The van der Waals surface area contributed by atoms with E-state index in [0.29, 0.717) is 11.0 Å².